The normalized spacial score (nSPS) is 10.1. The molecule has 0 aliphatic carbocycles. The Morgan fingerprint density at radius 3 is 2.89 bits per heavy atom. The van der Waals surface area contributed by atoms with E-state index in [0.717, 1.165) is 13.0 Å². The van der Waals surface area contributed by atoms with Crippen molar-refractivity contribution >= 4 is 28.2 Å². The molecule has 0 aliphatic heterocycles. The highest BCUT2D eigenvalue weighted by molar-refractivity contribution is 7.13. The van der Waals surface area contributed by atoms with Crippen LogP contribution in [-0.4, -0.2) is 27.6 Å². The number of carbonyl (C=O) groups excluding carboxylic acids is 1. The van der Waals surface area contributed by atoms with Gasteiger partial charge in [-0.25, -0.2) is 4.98 Å². The zero-order valence-corrected chi connectivity index (χ0v) is 10.7. The molecule has 0 aromatic carbocycles. The molecule has 0 bridgehead atoms. The minimum atomic E-state index is -0.306. The number of amides is 1. The molecule has 2 rings (SSSR count). The highest BCUT2D eigenvalue weighted by atomic mass is 32.1. The first-order chi connectivity index (χ1) is 8.79. The van der Waals surface area contributed by atoms with Gasteiger partial charge in [-0.3, -0.25) is 10.1 Å². The standard InChI is InChI=1S/C11H13N5OS/c1-2-5-12-9-4-3-8(15-16-9)10(17)14-11-13-6-7-18-11/h3-4,6-7H,2,5H2,1H3,(H,12,16)(H,13,14,17). The maximum Gasteiger partial charge on any atom is 0.277 e. The Bertz CT molecular complexity index is 497. The van der Waals surface area contributed by atoms with Crippen molar-refractivity contribution in [2.45, 2.75) is 13.3 Å². The predicted octanol–water partition coefficient (Wildman–Crippen LogP) is 2.01. The van der Waals surface area contributed by atoms with Crippen LogP contribution in [0.25, 0.3) is 0 Å². The third-order valence-corrected chi connectivity index (χ3v) is 2.79. The highest BCUT2D eigenvalue weighted by Crippen LogP contribution is 2.11. The number of nitrogens with zero attached hydrogens (tertiary/aromatic N) is 3. The minimum absolute atomic E-state index is 0.271. The molecule has 18 heavy (non-hydrogen) atoms. The van der Waals surface area contributed by atoms with E-state index < -0.39 is 0 Å². The molecule has 7 heteroatoms. The van der Waals surface area contributed by atoms with Gasteiger partial charge in [-0.05, 0) is 18.6 Å². The van der Waals surface area contributed by atoms with Gasteiger partial charge in [-0.1, -0.05) is 6.92 Å². The quantitative estimate of drug-likeness (QED) is 0.862. The van der Waals surface area contributed by atoms with Gasteiger partial charge >= 0.3 is 0 Å². The molecule has 0 saturated carbocycles. The van der Waals surface area contributed by atoms with Gasteiger partial charge in [-0.15, -0.1) is 21.5 Å². The van der Waals surface area contributed by atoms with Crippen LogP contribution in [0.4, 0.5) is 10.9 Å². The third-order valence-electron chi connectivity index (χ3n) is 2.11. The van der Waals surface area contributed by atoms with Gasteiger partial charge in [0.25, 0.3) is 5.91 Å². The Balaban J connectivity index is 1.98. The van der Waals surface area contributed by atoms with Crippen LogP contribution >= 0.6 is 11.3 Å². The maximum atomic E-state index is 11.8. The fourth-order valence-electron chi connectivity index (χ4n) is 1.25. The van der Waals surface area contributed by atoms with Gasteiger partial charge in [0.15, 0.2) is 10.8 Å². The molecule has 94 valence electrons. The molecule has 0 atom stereocenters. The van der Waals surface area contributed by atoms with Gasteiger partial charge in [0.05, 0.1) is 0 Å². The van der Waals surface area contributed by atoms with Crippen molar-refractivity contribution in [2.75, 3.05) is 17.2 Å². The van der Waals surface area contributed by atoms with Crippen molar-refractivity contribution < 1.29 is 4.79 Å². The molecule has 0 radical (unpaired) electrons. The lowest BCUT2D eigenvalue weighted by atomic mass is 10.3. The van der Waals surface area contributed by atoms with Crippen LogP contribution in [0.1, 0.15) is 23.8 Å². The first kappa shape index (κ1) is 12.4. The molecule has 6 nitrogen and oxygen atoms in total. The van der Waals surface area contributed by atoms with E-state index in [9.17, 15) is 4.79 Å². The summed E-state index contributed by atoms with van der Waals surface area (Å²) >= 11 is 1.36. The second-order valence-electron chi connectivity index (χ2n) is 3.52. The van der Waals surface area contributed by atoms with Crippen molar-refractivity contribution in [1.82, 2.24) is 15.2 Å². The number of nitrogens with one attached hydrogen (secondary N) is 2. The van der Waals surface area contributed by atoms with Gasteiger partial charge in [0, 0.05) is 18.1 Å². The lowest BCUT2D eigenvalue weighted by Crippen LogP contribution is -2.14. The van der Waals surface area contributed by atoms with E-state index in [1.165, 1.54) is 11.3 Å². The van der Waals surface area contributed by atoms with E-state index in [1.807, 2.05) is 0 Å². The monoisotopic (exact) mass is 263 g/mol. The van der Waals surface area contributed by atoms with Crippen LogP contribution in [0.15, 0.2) is 23.7 Å². The molecular weight excluding hydrogens is 250 g/mol. The summed E-state index contributed by atoms with van der Waals surface area (Å²) in [4.78, 5) is 15.7. The molecule has 2 heterocycles. The molecular formula is C11H13N5OS. The highest BCUT2D eigenvalue weighted by Gasteiger charge is 2.09. The van der Waals surface area contributed by atoms with Crippen molar-refractivity contribution in [1.29, 1.82) is 0 Å². The Morgan fingerprint density at radius 2 is 2.28 bits per heavy atom. The Labute approximate surface area is 108 Å². The van der Waals surface area contributed by atoms with Crippen LogP contribution in [0.2, 0.25) is 0 Å². The zero-order valence-electron chi connectivity index (χ0n) is 9.88. The fourth-order valence-corrected chi connectivity index (χ4v) is 1.77. The molecule has 0 fully saturated rings. The summed E-state index contributed by atoms with van der Waals surface area (Å²) in [7, 11) is 0. The SMILES string of the molecule is CCCNc1ccc(C(=O)Nc2nccs2)nn1. The number of hydrogen-bond donors (Lipinski definition) is 2. The number of carbonyl (C=O) groups is 1. The number of anilines is 2. The average molecular weight is 263 g/mol. The molecule has 2 aromatic rings. The first-order valence-electron chi connectivity index (χ1n) is 5.58. The van der Waals surface area contributed by atoms with Gasteiger partial charge in [-0.2, -0.15) is 0 Å². The molecule has 0 aliphatic rings. The second kappa shape index (κ2) is 6.06. The van der Waals surface area contributed by atoms with Crippen LogP contribution < -0.4 is 10.6 Å². The molecule has 0 spiro atoms. The van der Waals surface area contributed by atoms with Crippen molar-refractivity contribution in [3.8, 4) is 0 Å². The van der Waals surface area contributed by atoms with E-state index in [2.05, 4.69) is 32.7 Å². The number of hydrogen-bond acceptors (Lipinski definition) is 6. The fraction of sp³-hybridized carbons (Fsp3) is 0.273. The van der Waals surface area contributed by atoms with Crippen LogP contribution in [0.5, 0.6) is 0 Å². The summed E-state index contributed by atoms with van der Waals surface area (Å²) in [5.74, 6) is 0.363. The van der Waals surface area contributed by atoms with Gasteiger partial charge in [0.1, 0.15) is 5.82 Å². The van der Waals surface area contributed by atoms with E-state index in [1.54, 1.807) is 23.7 Å². The summed E-state index contributed by atoms with van der Waals surface area (Å²) in [6, 6.07) is 3.37. The Kier molecular flexibility index (Phi) is 4.19. The van der Waals surface area contributed by atoms with Gasteiger partial charge < -0.3 is 5.32 Å². The van der Waals surface area contributed by atoms with Crippen LogP contribution in [-0.2, 0) is 0 Å². The first-order valence-corrected chi connectivity index (χ1v) is 6.46. The summed E-state index contributed by atoms with van der Waals surface area (Å²) < 4.78 is 0. The van der Waals surface area contributed by atoms with E-state index in [0.29, 0.717) is 10.9 Å². The maximum absolute atomic E-state index is 11.8. The molecule has 1 amide bonds. The number of thiazole rings is 1. The van der Waals surface area contributed by atoms with Crippen LogP contribution in [0, 0.1) is 0 Å². The Hall–Kier alpha value is -2.02. The summed E-state index contributed by atoms with van der Waals surface area (Å²) in [5.41, 5.74) is 0.271. The second-order valence-corrected chi connectivity index (χ2v) is 4.42. The summed E-state index contributed by atoms with van der Waals surface area (Å²) in [6.07, 6.45) is 2.64. The molecule has 2 aromatic heterocycles. The van der Waals surface area contributed by atoms with E-state index >= 15 is 0 Å². The van der Waals surface area contributed by atoms with Crippen molar-refractivity contribution in [3.63, 3.8) is 0 Å². The average Bonchev–Trinajstić information content (AvgIpc) is 2.89. The number of aromatic nitrogens is 3. The molecule has 0 unspecified atom stereocenters. The number of rotatable bonds is 5. The predicted molar refractivity (Wildman–Crippen MR) is 70.9 cm³/mol. The van der Waals surface area contributed by atoms with E-state index in [4.69, 9.17) is 0 Å². The van der Waals surface area contributed by atoms with Crippen LogP contribution in [0.3, 0.4) is 0 Å². The molecule has 0 saturated heterocycles. The zero-order chi connectivity index (χ0) is 12.8. The van der Waals surface area contributed by atoms with E-state index in [-0.39, 0.29) is 11.6 Å². The Morgan fingerprint density at radius 1 is 1.39 bits per heavy atom. The lowest BCUT2D eigenvalue weighted by Gasteiger charge is -2.03. The third kappa shape index (κ3) is 3.24. The van der Waals surface area contributed by atoms with Crippen molar-refractivity contribution in [3.05, 3.63) is 29.4 Å². The molecule has 2 N–H and O–H groups in total. The van der Waals surface area contributed by atoms with Gasteiger partial charge in [0.2, 0.25) is 0 Å². The summed E-state index contributed by atoms with van der Waals surface area (Å²) in [5, 5.41) is 15.9. The minimum Gasteiger partial charge on any atom is -0.369 e. The summed E-state index contributed by atoms with van der Waals surface area (Å²) in [6.45, 7) is 2.90. The van der Waals surface area contributed by atoms with Crippen molar-refractivity contribution in [2.24, 2.45) is 0 Å². The topological polar surface area (TPSA) is 79.8 Å². The largest absolute Gasteiger partial charge is 0.369 e. The smallest absolute Gasteiger partial charge is 0.277 e. The lowest BCUT2D eigenvalue weighted by molar-refractivity contribution is 0.102.